The van der Waals surface area contributed by atoms with Crippen LogP contribution in [0.25, 0.3) is 0 Å². The van der Waals surface area contributed by atoms with Crippen LogP contribution in [0.2, 0.25) is 0 Å². The van der Waals surface area contributed by atoms with Gasteiger partial charge in [0.15, 0.2) is 5.96 Å². The van der Waals surface area contributed by atoms with Crippen molar-refractivity contribution < 1.29 is 14.2 Å². The Kier molecular flexibility index (Phi) is 7.03. The van der Waals surface area contributed by atoms with Gasteiger partial charge in [0.05, 0.1) is 21.3 Å². The van der Waals surface area contributed by atoms with Crippen LogP contribution >= 0.6 is 0 Å². The van der Waals surface area contributed by atoms with Gasteiger partial charge in [0.25, 0.3) is 0 Å². The summed E-state index contributed by atoms with van der Waals surface area (Å²) in [5.74, 6) is 2.70. The number of nitrogens with zero attached hydrogens (tertiary/aromatic N) is 1. The van der Waals surface area contributed by atoms with Crippen LogP contribution in [0.5, 0.6) is 17.2 Å². The minimum atomic E-state index is 0.465. The van der Waals surface area contributed by atoms with Gasteiger partial charge in [0.2, 0.25) is 0 Å². The molecule has 0 aromatic heterocycles. The highest BCUT2D eigenvalue weighted by Crippen LogP contribution is 2.34. The second-order valence-electron chi connectivity index (χ2n) is 6.01. The molecule has 1 fully saturated rings. The monoisotopic (exact) mass is 335 g/mol. The van der Waals surface area contributed by atoms with Crippen molar-refractivity contribution in [3.05, 3.63) is 17.7 Å². The van der Waals surface area contributed by atoms with Crippen LogP contribution in [0.15, 0.2) is 17.1 Å². The van der Waals surface area contributed by atoms with Crippen molar-refractivity contribution in [1.29, 1.82) is 0 Å². The van der Waals surface area contributed by atoms with Gasteiger partial charge in [0.1, 0.15) is 17.2 Å². The highest BCUT2D eigenvalue weighted by Gasteiger charge is 2.14. The molecule has 1 saturated carbocycles. The average molecular weight is 335 g/mol. The molecule has 1 aliphatic carbocycles. The first-order valence-electron chi connectivity index (χ1n) is 8.53. The summed E-state index contributed by atoms with van der Waals surface area (Å²) in [6.45, 7) is 0.574. The Hall–Kier alpha value is -2.11. The summed E-state index contributed by atoms with van der Waals surface area (Å²) in [5.41, 5.74) is 6.98. The Morgan fingerprint density at radius 2 is 1.71 bits per heavy atom. The van der Waals surface area contributed by atoms with Crippen LogP contribution in [0, 0.1) is 0 Å². The fraction of sp³-hybridized carbons (Fsp3) is 0.611. The van der Waals surface area contributed by atoms with Crippen molar-refractivity contribution in [3.63, 3.8) is 0 Å². The number of methoxy groups -OCH3 is 3. The van der Waals surface area contributed by atoms with E-state index in [9.17, 15) is 0 Å². The molecule has 0 aliphatic heterocycles. The van der Waals surface area contributed by atoms with Crippen LogP contribution in [0.1, 0.15) is 37.7 Å². The normalized spacial score (nSPS) is 15.9. The van der Waals surface area contributed by atoms with E-state index in [4.69, 9.17) is 19.9 Å². The Morgan fingerprint density at radius 3 is 2.25 bits per heavy atom. The molecule has 0 radical (unpaired) electrons. The van der Waals surface area contributed by atoms with Gasteiger partial charge in [-0.25, -0.2) is 0 Å². The molecule has 6 nitrogen and oxygen atoms in total. The summed E-state index contributed by atoms with van der Waals surface area (Å²) in [6, 6.07) is 4.17. The number of guanidine groups is 1. The lowest BCUT2D eigenvalue weighted by molar-refractivity contribution is 0.369. The van der Waals surface area contributed by atoms with Gasteiger partial charge in [-0.15, -0.1) is 0 Å². The molecule has 134 valence electrons. The second-order valence-corrected chi connectivity index (χ2v) is 6.01. The van der Waals surface area contributed by atoms with Crippen LogP contribution < -0.4 is 25.3 Å². The molecule has 1 aliphatic rings. The highest BCUT2D eigenvalue weighted by molar-refractivity contribution is 5.78. The van der Waals surface area contributed by atoms with Crippen LogP contribution in [-0.2, 0) is 6.42 Å². The zero-order valence-corrected chi connectivity index (χ0v) is 14.9. The SMILES string of the molecule is COc1cc(OC)c(CCN=C(N)NC2CCCCC2)c(OC)c1. The van der Waals surface area contributed by atoms with Crippen LogP contribution in [0.4, 0.5) is 0 Å². The lowest BCUT2D eigenvalue weighted by atomic mass is 9.96. The summed E-state index contributed by atoms with van der Waals surface area (Å²) in [4.78, 5) is 4.45. The number of ether oxygens (including phenoxy) is 3. The standard InChI is InChI=1S/C18H29N3O3/c1-22-14-11-16(23-2)15(17(12-14)24-3)9-10-20-18(19)21-13-7-5-4-6-8-13/h11-13H,4-10H2,1-3H3,(H3,19,20,21). The maximum Gasteiger partial charge on any atom is 0.188 e. The van der Waals surface area contributed by atoms with E-state index in [1.54, 1.807) is 21.3 Å². The van der Waals surface area contributed by atoms with Crippen molar-refractivity contribution in [2.45, 2.75) is 44.6 Å². The van der Waals surface area contributed by atoms with E-state index >= 15 is 0 Å². The van der Waals surface area contributed by atoms with E-state index in [-0.39, 0.29) is 0 Å². The van der Waals surface area contributed by atoms with Gasteiger partial charge in [-0.05, 0) is 19.3 Å². The summed E-state index contributed by atoms with van der Waals surface area (Å²) < 4.78 is 16.2. The quantitative estimate of drug-likeness (QED) is 0.591. The smallest absolute Gasteiger partial charge is 0.188 e. The lowest BCUT2D eigenvalue weighted by Crippen LogP contribution is -2.41. The minimum Gasteiger partial charge on any atom is -0.496 e. The summed E-state index contributed by atoms with van der Waals surface area (Å²) in [5, 5.41) is 3.33. The fourth-order valence-corrected chi connectivity index (χ4v) is 3.11. The highest BCUT2D eigenvalue weighted by atomic mass is 16.5. The van der Waals surface area contributed by atoms with Crippen LogP contribution in [-0.4, -0.2) is 39.9 Å². The second kappa shape index (κ2) is 9.25. The lowest BCUT2D eigenvalue weighted by Gasteiger charge is -2.23. The third kappa shape index (κ3) is 4.94. The molecule has 6 heteroatoms. The molecule has 0 spiro atoms. The minimum absolute atomic E-state index is 0.465. The van der Waals surface area contributed by atoms with Gasteiger partial charge >= 0.3 is 0 Å². The van der Waals surface area contributed by atoms with Gasteiger partial charge in [-0.2, -0.15) is 0 Å². The third-order valence-corrected chi connectivity index (χ3v) is 4.42. The van der Waals surface area contributed by atoms with E-state index in [1.807, 2.05) is 12.1 Å². The predicted octanol–water partition coefficient (Wildman–Crippen LogP) is 2.49. The Labute approximate surface area is 144 Å². The fourth-order valence-electron chi connectivity index (χ4n) is 3.11. The number of benzene rings is 1. The molecule has 0 saturated heterocycles. The molecule has 1 aromatic rings. The van der Waals surface area contributed by atoms with Gasteiger partial charge in [0, 0.05) is 30.3 Å². The van der Waals surface area contributed by atoms with Crippen molar-refractivity contribution >= 4 is 5.96 Å². The zero-order chi connectivity index (χ0) is 17.4. The van der Waals surface area contributed by atoms with Crippen LogP contribution in [0.3, 0.4) is 0 Å². The first-order chi connectivity index (χ1) is 11.7. The third-order valence-electron chi connectivity index (χ3n) is 4.42. The van der Waals surface area contributed by atoms with Gasteiger partial charge in [-0.3, -0.25) is 4.99 Å². The van der Waals surface area contributed by atoms with Crippen molar-refractivity contribution in [2.75, 3.05) is 27.9 Å². The van der Waals surface area contributed by atoms with Gasteiger partial charge in [-0.1, -0.05) is 19.3 Å². The van der Waals surface area contributed by atoms with Crippen molar-refractivity contribution in [1.82, 2.24) is 5.32 Å². The first-order valence-corrected chi connectivity index (χ1v) is 8.53. The maximum atomic E-state index is 6.01. The average Bonchev–Trinajstić information content (AvgIpc) is 2.62. The molecule has 0 atom stereocenters. The van der Waals surface area contributed by atoms with E-state index in [1.165, 1.54) is 32.1 Å². The largest absolute Gasteiger partial charge is 0.496 e. The topological polar surface area (TPSA) is 78.1 Å². The van der Waals surface area contributed by atoms with Crippen molar-refractivity contribution in [3.8, 4) is 17.2 Å². The summed E-state index contributed by atoms with van der Waals surface area (Å²) in [7, 11) is 4.90. The number of nitrogens with one attached hydrogen (secondary N) is 1. The molecule has 0 amide bonds. The molecule has 0 heterocycles. The first kappa shape index (κ1) is 18.2. The number of rotatable bonds is 7. The molecular weight excluding hydrogens is 306 g/mol. The Balaban J connectivity index is 1.98. The van der Waals surface area contributed by atoms with E-state index in [0.717, 1.165) is 17.1 Å². The van der Waals surface area contributed by atoms with Crippen molar-refractivity contribution in [2.24, 2.45) is 10.7 Å². The Morgan fingerprint density at radius 1 is 1.08 bits per heavy atom. The molecule has 2 rings (SSSR count). The van der Waals surface area contributed by atoms with E-state index in [0.29, 0.717) is 30.7 Å². The van der Waals surface area contributed by atoms with Gasteiger partial charge < -0.3 is 25.3 Å². The van der Waals surface area contributed by atoms with E-state index in [2.05, 4.69) is 10.3 Å². The Bertz CT molecular complexity index is 529. The molecule has 0 bridgehead atoms. The number of hydrogen-bond donors (Lipinski definition) is 2. The molecule has 3 N–H and O–H groups in total. The maximum absolute atomic E-state index is 6.01. The van der Waals surface area contributed by atoms with E-state index < -0.39 is 0 Å². The molecule has 24 heavy (non-hydrogen) atoms. The molecule has 0 unspecified atom stereocenters. The number of hydrogen-bond acceptors (Lipinski definition) is 4. The summed E-state index contributed by atoms with van der Waals surface area (Å²) >= 11 is 0. The zero-order valence-electron chi connectivity index (χ0n) is 14.9. The predicted molar refractivity (Wildman–Crippen MR) is 96.3 cm³/mol. The number of aliphatic imine (C=N–C) groups is 1. The molecule has 1 aromatic carbocycles. The molecular formula is C18H29N3O3. The number of nitrogens with two attached hydrogens (primary N) is 1. The summed E-state index contributed by atoms with van der Waals surface area (Å²) in [6.07, 6.45) is 6.90.